The molecule has 2 aromatic rings. The number of halogens is 1. The van der Waals surface area contributed by atoms with Crippen LogP contribution in [0.25, 0.3) is 0 Å². The Bertz CT molecular complexity index is 1190. The average molecular weight is 468 g/mol. The molecule has 0 aromatic heterocycles. The monoisotopic (exact) mass is 467 g/mol. The van der Waals surface area contributed by atoms with Gasteiger partial charge in [0.15, 0.2) is 0 Å². The molecule has 0 spiro atoms. The van der Waals surface area contributed by atoms with Crippen LogP contribution in [0, 0.1) is 11.7 Å². The van der Waals surface area contributed by atoms with E-state index in [1.807, 2.05) is 4.90 Å². The molecule has 4 rings (SSSR count). The number of benzene rings is 2. The van der Waals surface area contributed by atoms with Crippen molar-refractivity contribution in [2.45, 2.75) is 11.8 Å². The number of sulfonamides is 2. The van der Waals surface area contributed by atoms with E-state index in [1.165, 1.54) is 40.7 Å². The molecular formula is C20H22FN3O5S2. The van der Waals surface area contributed by atoms with E-state index in [2.05, 4.69) is 0 Å². The summed E-state index contributed by atoms with van der Waals surface area (Å²) in [5.74, 6) is -1.74. The van der Waals surface area contributed by atoms with Gasteiger partial charge in [-0.2, -0.15) is 4.31 Å². The molecule has 166 valence electrons. The van der Waals surface area contributed by atoms with Crippen LogP contribution in [0.15, 0.2) is 53.4 Å². The van der Waals surface area contributed by atoms with Gasteiger partial charge in [0.25, 0.3) is 0 Å². The maximum absolute atomic E-state index is 13.1. The van der Waals surface area contributed by atoms with Gasteiger partial charge in [0, 0.05) is 31.9 Å². The molecular weight excluding hydrogens is 445 g/mol. The summed E-state index contributed by atoms with van der Waals surface area (Å²) in [6, 6.07) is 11.4. The predicted octanol–water partition coefficient (Wildman–Crippen LogP) is 1.65. The first-order chi connectivity index (χ1) is 14.6. The highest BCUT2D eigenvalue weighted by atomic mass is 32.2. The van der Waals surface area contributed by atoms with Gasteiger partial charge in [0.1, 0.15) is 5.82 Å². The van der Waals surface area contributed by atoms with E-state index in [1.54, 1.807) is 19.1 Å². The largest absolute Gasteiger partial charge is 0.369 e. The van der Waals surface area contributed by atoms with E-state index in [9.17, 15) is 26.0 Å². The Kier molecular flexibility index (Phi) is 5.52. The second-order valence-corrected chi connectivity index (χ2v) is 11.4. The number of amides is 1. The summed E-state index contributed by atoms with van der Waals surface area (Å²) >= 11 is 0. The summed E-state index contributed by atoms with van der Waals surface area (Å²) < 4.78 is 65.7. The second-order valence-electron chi connectivity index (χ2n) is 7.64. The fourth-order valence-electron chi connectivity index (χ4n) is 3.83. The first-order valence-electron chi connectivity index (χ1n) is 9.77. The first-order valence-corrected chi connectivity index (χ1v) is 12.8. The molecule has 8 nitrogen and oxygen atoms in total. The Morgan fingerprint density at radius 2 is 1.45 bits per heavy atom. The van der Waals surface area contributed by atoms with Crippen molar-refractivity contribution in [3.63, 3.8) is 0 Å². The molecule has 2 aliphatic rings. The van der Waals surface area contributed by atoms with Crippen molar-refractivity contribution >= 4 is 37.3 Å². The zero-order valence-electron chi connectivity index (χ0n) is 16.8. The number of carbonyl (C=O) groups excluding carboxylic acids is 1. The highest BCUT2D eigenvalue weighted by Crippen LogP contribution is 2.30. The quantitative estimate of drug-likeness (QED) is 0.679. The van der Waals surface area contributed by atoms with Crippen LogP contribution in [0.2, 0.25) is 0 Å². The van der Waals surface area contributed by atoms with Gasteiger partial charge in [0.2, 0.25) is 26.0 Å². The van der Waals surface area contributed by atoms with Crippen molar-refractivity contribution < 1.29 is 26.0 Å². The fourth-order valence-corrected chi connectivity index (χ4v) is 7.07. The summed E-state index contributed by atoms with van der Waals surface area (Å²) in [4.78, 5) is 14.2. The Labute approximate surface area is 181 Å². The third-order valence-corrected chi connectivity index (χ3v) is 9.28. The van der Waals surface area contributed by atoms with Gasteiger partial charge in [-0.05, 0) is 48.5 Å². The van der Waals surface area contributed by atoms with Crippen LogP contribution in [-0.4, -0.2) is 59.0 Å². The minimum Gasteiger partial charge on any atom is -0.369 e. The van der Waals surface area contributed by atoms with E-state index in [-0.39, 0.29) is 35.2 Å². The Hall–Kier alpha value is -2.50. The predicted molar refractivity (Wildman–Crippen MR) is 114 cm³/mol. The van der Waals surface area contributed by atoms with Crippen molar-refractivity contribution in [1.82, 2.24) is 4.31 Å². The van der Waals surface area contributed by atoms with E-state index in [0.29, 0.717) is 13.1 Å². The van der Waals surface area contributed by atoms with Crippen molar-refractivity contribution in [3.05, 3.63) is 54.3 Å². The second kappa shape index (κ2) is 7.88. The van der Waals surface area contributed by atoms with Crippen LogP contribution in [0.5, 0.6) is 0 Å². The molecule has 0 aliphatic carbocycles. The normalized spacial score (nSPS) is 22.1. The third kappa shape index (κ3) is 4.04. The molecule has 1 amide bonds. The highest BCUT2D eigenvalue weighted by molar-refractivity contribution is 7.94. The molecule has 31 heavy (non-hydrogen) atoms. The lowest BCUT2D eigenvalue weighted by molar-refractivity contribution is -0.119. The van der Waals surface area contributed by atoms with Gasteiger partial charge >= 0.3 is 0 Å². The molecule has 0 bridgehead atoms. The van der Waals surface area contributed by atoms with E-state index >= 15 is 0 Å². The van der Waals surface area contributed by atoms with Crippen molar-refractivity contribution in [3.8, 4) is 0 Å². The molecule has 0 unspecified atom stereocenters. The first kappa shape index (κ1) is 21.7. The van der Waals surface area contributed by atoms with Crippen molar-refractivity contribution in [1.29, 1.82) is 0 Å². The van der Waals surface area contributed by atoms with Gasteiger partial charge in [0.05, 0.1) is 22.3 Å². The summed E-state index contributed by atoms with van der Waals surface area (Å²) in [5.41, 5.74) is 0.961. The molecule has 11 heteroatoms. The molecule has 2 aliphatic heterocycles. The number of nitrogens with zero attached hydrogens (tertiary/aromatic N) is 3. The lowest BCUT2D eigenvalue weighted by atomic mass is 10.2. The number of anilines is 2. The van der Waals surface area contributed by atoms with Gasteiger partial charge in [-0.3, -0.25) is 4.79 Å². The van der Waals surface area contributed by atoms with Crippen LogP contribution < -0.4 is 9.21 Å². The minimum absolute atomic E-state index is 0.0311. The van der Waals surface area contributed by atoms with Crippen LogP contribution in [0.3, 0.4) is 0 Å². The maximum Gasteiger partial charge on any atom is 0.244 e. The standard InChI is InChI=1S/C20H22FN3O5S2/c1-15-14-30(26,27)24(20(15)25)18-6-8-19(9-7-18)31(28,29)23-12-10-22(11-13-23)17-4-2-16(21)3-5-17/h2-9,15H,10-14H2,1H3/t15-/m0/s1. The Morgan fingerprint density at radius 1 is 0.903 bits per heavy atom. The molecule has 2 saturated heterocycles. The number of piperazine rings is 1. The van der Waals surface area contributed by atoms with Crippen molar-refractivity contribution in [2.24, 2.45) is 5.92 Å². The Balaban J connectivity index is 1.48. The van der Waals surface area contributed by atoms with Gasteiger partial charge in [-0.1, -0.05) is 6.92 Å². The molecule has 1 atom stereocenters. The molecule has 0 radical (unpaired) electrons. The highest BCUT2D eigenvalue weighted by Gasteiger charge is 2.42. The molecule has 0 saturated carbocycles. The van der Waals surface area contributed by atoms with E-state index < -0.39 is 31.9 Å². The lowest BCUT2D eigenvalue weighted by Crippen LogP contribution is -2.48. The van der Waals surface area contributed by atoms with Gasteiger partial charge in [-0.15, -0.1) is 0 Å². The summed E-state index contributed by atoms with van der Waals surface area (Å²) in [7, 11) is -7.52. The molecule has 2 heterocycles. The van der Waals surface area contributed by atoms with Crippen molar-refractivity contribution in [2.75, 3.05) is 41.1 Å². The SMILES string of the molecule is C[C@H]1CS(=O)(=O)N(c2ccc(S(=O)(=O)N3CCN(c4ccc(F)cc4)CC3)cc2)C1=O. The fraction of sp³-hybridized carbons (Fsp3) is 0.350. The molecule has 2 fully saturated rings. The number of hydrogen-bond donors (Lipinski definition) is 0. The third-order valence-electron chi connectivity index (χ3n) is 5.50. The Morgan fingerprint density at radius 3 is 1.97 bits per heavy atom. The number of hydrogen-bond acceptors (Lipinski definition) is 6. The van der Waals surface area contributed by atoms with Crippen LogP contribution in [0.1, 0.15) is 6.92 Å². The average Bonchev–Trinajstić information content (AvgIpc) is 2.95. The lowest BCUT2D eigenvalue weighted by Gasteiger charge is -2.35. The van der Waals surface area contributed by atoms with Crippen LogP contribution in [-0.2, 0) is 24.8 Å². The van der Waals surface area contributed by atoms with Gasteiger partial charge in [-0.25, -0.2) is 25.5 Å². The minimum atomic E-state index is -3.77. The summed E-state index contributed by atoms with van der Waals surface area (Å²) in [6.45, 7) is 2.99. The number of rotatable bonds is 4. The van der Waals surface area contributed by atoms with E-state index in [4.69, 9.17) is 0 Å². The smallest absolute Gasteiger partial charge is 0.244 e. The molecule has 2 aromatic carbocycles. The van der Waals surface area contributed by atoms with Gasteiger partial charge < -0.3 is 4.90 Å². The van der Waals surface area contributed by atoms with E-state index in [0.717, 1.165) is 9.99 Å². The zero-order valence-corrected chi connectivity index (χ0v) is 18.4. The zero-order chi connectivity index (χ0) is 22.4. The summed E-state index contributed by atoms with van der Waals surface area (Å²) in [5, 5.41) is 0. The topological polar surface area (TPSA) is 95.1 Å². The number of carbonyl (C=O) groups is 1. The van der Waals surface area contributed by atoms with Crippen LogP contribution in [0.4, 0.5) is 15.8 Å². The maximum atomic E-state index is 13.1. The molecule has 0 N–H and O–H groups in total. The van der Waals surface area contributed by atoms with Crippen LogP contribution >= 0.6 is 0 Å². The summed E-state index contributed by atoms with van der Waals surface area (Å²) in [6.07, 6.45) is 0.